The number of carbonyl (C=O) groups excluding carboxylic acids is 4. The number of nitrogens with two attached hydrogens (primary N) is 1. The highest BCUT2D eigenvalue weighted by Crippen LogP contribution is 2.33. The Hall–Kier alpha value is -6.09. The Morgan fingerprint density at radius 3 is 2.55 bits per heavy atom. The fraction of sp³-hybridized carbons (Fsp3) is 0.350. The van der Waals surface area contributed by atoms with Gasteiger partial charge in [-0.25, -0.2) is 9.37 Å². The second kappa shape index (κ2) is 15.0. The summed E-state index contributed by atoms with van der Waals surface area (Å²) in [6, 6.07) is 14.9. The topological polar surface area (TPSA) is 190 Å². The molecule has 6 N–H and O–H groups in total. The number of nitrogens with zero attached hydrogens (tertiary/aromatic N) is 4. The van der Waals surface area contributed by atoms with Crippen LogP contribution in [0.4, 0.5) is 21.5 Å². The molecule has 2 fully saturated rings. The highest BCUT2D eigenvalue weighted by Gasteiger charge is 2.40. The van der Waals surface area contributed by atoms with Gasteiger partial charge in [-0.05, 0) is 68.3 Å². The van der Waals surface area contributed by atoms with E-state index >= 15 is 0 Å². The molecular weight excluding hydrogens is 705 g/mol. The Morgan fingerprint density at radius 2 is 1.73 bits per heavy atom. The molecule has 14 nitrogen and oxygen atoms in total. The van der Waals surface area contributed by atoms with E-state index in [1.807, 2.05) is 18.2 Å². The van der Waals surface area contributed by atoms with Gasteiger partial charge in [0.05, 0.1) is 27.6 Å². The molecule has 0 aliphatic carbocycles. The first kappa shape index (κ1) is 35.9. The second-order valence-corrected chi connectivity index (χ2v) is 14.5. The van der Waals surface area contributed by atoms with Crippen LogP contribution in [-0.2, 0) is 20.9 Å². The lowest BCUT2D eigenvalue weighted by atomic mass is 10.0. The molecular formula is C40H42FN9O5. The average Bonchev–Trinajstić information content (AvgIpc) is 3.74. The van der Waals surface area contributed by atoms with Gasteiger partial charge in [-0.15, -0.1) is 0 Å². The highest BCUT2D eigenvalue weighted by molar-refractivity contribution is 6.07. The lowest BCUT2D eigenvalue weighted by Crippen LogP contribution is -2.52. The van der Waals surface area contributed by atoms with E-state index in [1.54, 1.807) is 24.3 Å². The highest BCUT2D eigenvalue weighted by atomic mass is 19.1. The van der Waals surface area contributed by atoms with Crippen molar-refractivity contribution in [2.45, 2.75) is 57.5 Å². The minimum absolute atomic E-state index is 0.0473. The Kier molecular flexibility index (Phi) is 9.78. The normalized spacial score (nSPS) is 17.6. The molecule has 0 radical (unpaired) electrons. The zero-order valence-electron chi connectivity index (χ0n) is 30.3. The number of fused-ring (bicyclic) bond motifs is 3. The first-order valence-electron chi connectivity index (χ1n) is 18.8. The van der Waals surface area contributed by atoms with Crippen LogP contribution in [0.3, 0.4) is 0 Å². The summed E-state index contributed by atoms with van der Waals surface area (Å²) in [6.07, 6.45) is 4.59. The van der Waals surface area contributed by atoms with Gasteiger partial charge in [0.1, 0.15) is 23.2 Å². The molecule has 0 bridgehead atoms. The van der Waals surface area contributed by atoms with E-state index in [2.05, 4.69) is 35.4 Å². The number of hydrogen-bond acceptors (Lipinski definition) is 9. The van der Waals surface area contributed by atoms with Crippen LogP contribution >= 0.6 is 0 Å². The molecule has 0 saturated carbocycles. The standard InChI is InChI=1S/C40H42FN9O5/c41-26-8-6-10-29-34(26)36(42)35(39(54)46-29)37-44-28-13-12-23(21-30(28)45-37)49-19-17-48(18-20-49)16-4-2-1-3-11-32(51)43-27-9-5-7-24-25(27)22-50(40(24)55)31-14-15-33(52)47-38(31)53/h5-10,12-13,21,31H,1-4,11,14-20,22H2,(H,43,51)(H,44,45)(H3,42,46,54)(H,47,52,53). The summed E-state index contributed by atoms with van der Waals surface area (Å²) in [7, 11) is 0. The van der Waals surface area contributed by atoms with E-state index in [9.17, 15) is 28.4 Å². The number of imide groups is 1. The zero-order valence-corrected chi connectivity index (χ0v) is 30.3. The summed E-state index contributed by atoms with van der Waals surface area (Å²) in [4.78, 5) is 79.7. The van der Waals surface area contributed by atoms with Crippen molar-refractivity contribution >= 4 is 62.6 Å². The number of aromatic amines is 2. The molecule has 3 aliphatic rings. The van der Waals surface area contributed by atoms with Crippen LogP contribution in [0, 0.1) is 5.82 Å². The number of hydrogen-bond donors (Lipinski definition) is 5. The number of piperazine rings is 1. The lowest BCUT2D eigenvalue weighted by Gasteiger charge is -2.36. The minimum atomic E-state index is -0.703. The number of nitrogen functional groups attached to an aromatic ring is 1. The molecule has 15 heteroatoms. The summed E-state index contributed by atoms with van der Waals surface area (Å²) in [5.74, 6) is -1.39. The maximum atomic E-state index is 14.6. The third kappa shape index (κ3) is 7.14. The van der Waals surface area contributed by atoms with E-state index < -0.39 is 23.3 Å². The summed E-state index contributed by atoms with van der Waals surface area (Å²) < 4.78 is 14.6. The number of aromatic nitrogens is 3. The van der Waals surface area contributed by atoms with Gasteiger partial charge in [-0.3, -0.25) is 34.2 Å². The quantitative estimate of drug-likeness (QED) is 0.0971. The molecule has 284 valence electrons. The number of H-pyrrole nitrogens is 2. The molecule has 4 amide bonds. The molecule has 5 aromatic rings. The van der Waals surface area contributed by atoms with E-state index in [-0.39, 0.29) is 53.7 Å². The third-order valence-corrected chi connectivity index (χ3v) is 11.0. The Bertz CT molecular complexity index is 2400. The number of anilines is 3. The molecule has 2 aromatic heterocycles. The van der Waals surface area contributed by atoms with Crippen LogP contribution in [0.5, 0.6) is 0 Å². The van der Waals surface area contributed by atoms with E-state index in [0.717, 1.165) is 69.6 Å². The maximum Gasteiger partial charge on any atom is 0.261 e. The van der Waals surface area contributed by atoms with E-state index in [1.165, 1.54) is 17.0 Å². The second-order valence-electron chi connectivity index (χ2n) is 14.5. The number of piperidine rings is 1. The summed E-state index contributed by atoms with van der Waals surface area (Å²) in [5, 5.41) is 5.45. The number of imidazole rings is 1. The Labute approximate surface area is 315 Å². The van der Waals surface area contributed by atoms with Crippen LogP contribution in [0.25, 0.3) is 33.3 Å². The smallest absolute Gasteiger partial charge is 0.261 e. The van der Waals surface area contributed by atoms with Crippen LogP contribution in [0.1, 0.15) is 60.9 Å². The summed E-state index contributed by atoms with van der Waals surface area (Å²) in [6.45, 7) is 4.77. The van der Waals surface area contributed by atoms with Gasteiger partial charge < -0.3 is 30.8 Å². The number of unbranched alkanes of at least 4 members (excludes halogenated alkanes) is 3. The molecule has 5 heterocycles. The van der Waals surface area contributed by atoms with Crippen molar-refractivity contribution in [1.82, 2.24) is 30.1 Å². The monoisotopic (exact) mass is 747 g/mol. The molecule has 8 rings (SSSR count). The van der Waals surface area contributed by atoms with Crippen molar-refractivity contribution in [3.05, 3.63) is 81.9 Å². The van der Waals surface area contributed by atoms with Gasteiger partial charge in [0.25, 0.3) is 11.5 Å². The van der Waals surface area contributed by atoms with Gasteiger partial charge in [-0.2, -0.15) is 0 Å². The largest absolute Gasteiger partial charge is 0.397 e. The molecule has 1 unspecified atom stereocenters. The van der Waals surface area contributed by atoms with Crippen molar-refractivity contribution in [2.75, 3.05) is 48.7 Å². The molecule has 3 aliphatic heterocycles. The van der Waals surface area contributed by atoms with Crippen molar-refractivity contribution in [2.24, 2.45) is 0 Å². The van der Waals surface area contributed by atoms with Crippen molar-refractivity contribution in [1.29, 1.82) is 0 Å². The van der Waals surface area contributed by atoms with E-state index in [4.69, 9.17) is 5.73 Å². The number of rotatable bonds is 11. The number of pyridine rings is 1. The third-order valence-electron chi connectivity index (χ3n) is 11.0. The predicted octanol–water partition coefficient (Wildman–Crippen LogP) is 4.26. The van der Waals surface area contributed by atoms with Crippen LogP contribution in [-0.4, -0.2) is 87.1 Å². The Balaban J connectivity index is 0.775. The number of halogens is 1. The molecule has 55 heavy (non-hydrogen) atoms. The Morgan fingerprint density at radius 1 is 0.927 bits per heavy atom. The van der Waals surface area contributed by atoms with Crippen molar-refractivity contribution < 1.29 is 23.6 Å². The molecule has 3 aromatic carbocycles. The van der Waals surface area contributed by atoms with Gasteiger partial charge in [0.15, 0.2) is 0 Å². The van der Waals surface area contributed by atoms with Gasteiger partial charge >= 0.3 is 0 Å². The van der Waals surface area contributed by atoms with Gasteiger partial charge in [-0.1, -0.05) is 25.0 Å². The summed E-state index contributed by atoms with van der Waals surface area (Å²) >= 11 is 0. The van der Waals surface area contributed by atoms with Gasteiger partial charge in [0, 0.05) is 68.1 Å². The van der Waals surface area contributed by atoms with E-state index in [0.29, 0.717) is 40.1 Å². The maximum absolute atomic E-state index is 14.6. The fourth-order valence-electron chi connectivity index (χ4n) is 8.00. The number of carbonyl (C=O) groups is 4. The van der Waals surface area contributed by atoms with Gasteiger partial charge in [0.2, 0.25) is 17.7 Å². The minimum Gasteiger partial charge on any atom is -0.397 e. The van der Waals surface area contributed by atoms with Crippen LogP contribution in [0.15, 0.2) is 59.4 Å². The van der Waals surface area contributed by atoms with Crippen molar-refractivity contribution in [3.63, 3.8) is 0 Å². The first-order chi connectivity index (χ1) is 26.6. The number of amides is 4. The summed E-state index contributed by atoms with van der Waals surface area (Å²) in [5.41, 5.74) is 10.6. The molecule has 2 saturated heterocycles. The predicted molar refractivity (Wildman–Crippen MR) is 207 cm³/mol. The zero-order chi connectivity index (χ0) is 38.2. The first-order valence-corrected chi connectivity index (χ1v) is 18.8. The average molecular weight is 748 g/mol. The SMILES string of the molecule is Nc1c(-c2nc3ccc(N4CCN(CCCCCCC(=O)Nc5cccc6c5CN(C5CCC(=O)NC5=O)C6=O)CC4)cc3[nH]2)c(=O)[nH]c2cccc(F)c12. The molecule has 1 atom stereocenters. The van der Waals surface area contributed by atoms with Crippen LogP contribution in [0.2, 0.25) is 0 Å². The molecule has 0 spiro atoms. The number of benzene rings is 3. The fourth-order valence-corrected chi connectivity index (χ4v) is 8.00. The van der Waals surface area contributed by atoms with Crippen LogP contribution < -0.4 is 26.8 Å². The number of nitrogens with one attached hydrogen (secondary N) is 4. The van der Waals surface area contributed by atoms with Crippen molar-refractivity contribution in [3.8, 4) is 11.4 Å². The lowest BCUT2D eigenvalue weighted by molar-refractivity contribution is -0.137.